The molecular weight excluding hydrogens is 236 g/mol. The third-order valence-electron chi connectivity index (χ3n) is 3.98. The van der Waals surface area contributed by atoms with Gasteiger partial charge in [-0.2, -0.15) is 0 Å². The minimum atomic E-state index is -3.16. The third-order valence-corrected chi connectivity index (χ3v) is 5.81. The molecule has 1 atom stereocenters. The molecule has 1 fully saturated rings. The van der Waals surface area contributed by atoms with E-state index in [1.165, 1.54) is 0 Å². The van der Waals surface area contributed by atoms with Crippen molar-refractivity contribution in [3.05, 3.63) is 0 Å². The monoisotopic (exact) mass is 262 g/mol. The molecule has 0 amide bonds. The molecule has 1 aliphatic rings. The van der Waals surface area contributed by atoms with Crippen LogP contribution < -0.4 is 10.0 Å². The molecule has 0 saturated carbocycles. The van der Waals surface area contributed by atoms with Crippen molar-refractivity contribution in [1.29, 1.82) is 0 Å². The lowest BCUT2D eigenvalue weighted by Gasteiger charge is -2.31. The predicted octanol–water partition coefficient (Wildman–Crippen LogP) is 1.34. The summed E-state index contributed by atoms with van der Waals surface area (Å²) < 4.78 is 27.0. The van der Waals surface area contributed by atoms with Crippen LogP contribution in [0.15, 0.2) is 0 Å². The van der Waals surface area contributed by atoms with Crippen LogP contribution in [0.25, 0.3) is 0 Å². The van der Waals surface area contributed by atoms with Gasteiger partial charge in [0.25, 0.3) is 0 Å². The zero-order chi connectivity index (χ0) is 13.1. The zero-order valence-electron chi connectivity index (χ0n) is 11.4. The van der Waals surface area contributed by atoms with Crippen molar-refractivity contribution in [2.75, 3.05) is 19.6 Å². The van der Waals surface area contributed by atoms with Gasteiger partial charge in [-0.3, -0.25) is 0 Å². The largest absolute Gasteiger partial charge is 0.315 e. The molecule has 0 spiro atoms. The minimum absolute atomic E-state index is 0.00480. The van der Waals surface area contributed by atoms with Crippen LogP contribution in [0.5, 0.6) is 0 Å². The summed E-state index contributed by atoms with van der Waals surface area (Å²) in [7, 11) is -3.16. The maximum absolute atomic E-state index is 12.1. The summed E-state index contributed by atoms with van der Waals surface area (Å²) in [5.74, 6) is 0.453. The highest BCUT2D eigenvalue weighted by atomic mass is 32.2. The molecule has 1 saturated heterocycles. The van der Waals surface area contributed by atoms with Crippen molar-refractivity contribution in [2.24, 2.45) is 11.3 Å². The Morgan fingerprint density at radius 3 is 2.53 bits per heavy atom. The molecular formula is C12H26N2O2S. The third kappa shape index (κ3) is 4.23. The predicted molar refractivity (Wildman–Crippen MR) is 71.4 cm³/mol. The second-order valence-electron chi connectivity index (χ2n) is 5.98. The van der Waals surface area contributed by atoms with Gasteiger partial charge in [-0.05, 0) is 30.7 Å². The first-order valence-electron chi connectivity index (χ1n) is 6.45. The molecule has 0 aliphatic carbocycles. The lowest BCUT2D eigenvalue weighted by molar-refractivity contribution is 0.251. The summed E-state index contributed by atoms with van der Waals surface area (Å²) in [6.07, 6.45) is 1.71. The first-order valence-corrected chi connectivity index (χ1v) is 7.99. The fourth-order valence-electron chi connectivity index (χ4n) is 1.69. The molecule has 5 heteroatoms. The molecule has 0 aromatic carbocycles. The Morgan fingerprint density at radius 2 is 2.06 bits per heavy atom. The SMILES string of the molecule is CC(C)C(C)(C)CNS(=O)(=O)C1CCCNC1. The Bertz CT molecular complexity index is 330. The number of hydrogen-bond acceptors (Lipinski definition) is 3. The number of rotatable bonds is 5. The number of sulfonamides is 1. The fourth-order valence-corrected chi connectivity index (χ4v) is 3.32. The second-order valence-corrected chi connectivity index (χ2v) is 8.02. The Hall–Kier alpha value is -0.130. The van der Waals surface area contributed by atoms with E-state index in [1.54, 1.807) is 0 Å². The summed E-state index contributed by atoms with van der Waals surface area (Å²) in [5, 5.41) is 2.88. The molecule has 0 aromatic heterocycles. The van der Waals surface area contributed by atoms with Gasteiger partial charge in [0.15, 0.2) is 0 Å². The van der Waals surface area contributed by atoms with Crippen LogP contribution in [0.4, 0.5) is 0 Å². The molecule has 1 aliphatic heterocycles. The van der Waals surface area contributed by atoms with Crippen LogP contribution in [0.3, 0.4) is 0 Å². The Labute approximate surface area is 106 Å². The van der Waals surface area contributed by atoms with Gasteiger partial charge < -0.3 is 5.32 Å². The van der Waals surface area contributed by atoms with Crippen LogP contribution in [0.1, 0.15) is 40.5 Å². The van der Waals surface area contributed by atoms with Gasteiger partial charge in [-0.15, -0.1) is 0 Å². The Kier molecular flexibility index (Phi) is 4.98. The van der Waals surface area contributed by atoms with E-state index in [2.05, 4.69) is 37.7 Å². The van der Waals surface area contributed by atoms with Crippen molar-refractivity contribution < 1.29 is 8.42 Å². The lowest BCUT2D eigenvalue weighted by atomic mass is 9.81. The molecule has 1 rings (SSSR count). The van der Waals surface area contributed by atoms with Crippen molar-refractivity contribution >= 4 is 10.0 Å². The molecule has 102 valence electrons. The van der Waals surface area contributed by atoms with E-state index in [1.807, 2.05) is 0 Å². The highest BCUT2D eigenvalue weighted by Crippen LogP contribution is 2.25. The summed E-state index contributed by atoms with van der Waals surface area (Å²) in [4.78, 5) is 0. The molecule has 1 unspecified atom stereocenters. The average Bonchev–Trinajstić information content (AvgIpc) is 2.28. The van der Waals surface area contributed by atoms with Crippen LogP contribution in [-0.4, -0.2) is 33.3 Å². The van der Waals surface area contributed by atoms with Crippen LogP contribution >= 0.6 is 0 Å². The molecule has 0 radical (unpaired) electrons. The van der Waals surface area contributed by atoms with Crippen LogP contribution in [0, 0.1) is 11.3 Å². The number of hydrogen-bond donors (Lipinski definition) is 2. The summed E-state index contributed by atoms with van der Waals surface area (Å²) in [5.41, 5.74) is -0.00480. The number of nitrogens with one attached hydrogen (secondary N) is 2. The van der Waals surface area contributed by atoms with Crippen molar-refractivity contribution in [3.8, 4) is 0 Å². The van der Waals surface area contributed by atoms with E-state index in [0.29, 0.717) is 19.0 Å². The molecule has 4 nitrogen and oxygen atoms in total. The van der Waals surface area contributed by atoms with Gasteiger partial charge in [0.1, 0.15) is 0 Å². The van der Waals surface area contributed by atoms with Gasteiger partial charge in [0.05, 0.1) is 5.25 Å². The van der Waals surface area contributed by atoms with Gasteiger partial charge in [-0.25, -0.2) is 13.1 Å². The quantitative estimate of drug-likeness (QED) is 0.786. The second kappa shape index (κ2) is 5.67. The lowest BCUT2D eigenvalue weighted by Crippen LogP contribution is -2.47. The Morgan fingerprint density at radius 1 is 1.41 bits per heavy atom. The van der Waals surface area contributed by atoms with Gasteiger partial charge in [0.2, 0.25) is 10.0 Å². The topological polar surface area (TPSA) is 58.2 Å². The first kappa shape index (κ1) is 14.9. The molecule has 17 heavy (non-hydrogen) atoms. The van der Waals surface area contributed by atoms with E-state index in [0.717, 1.165) is 19.4 Å². The van der Waals surface area contributed by atoms with E-state index >= 15 is 0 Å². The molecule has 0 bridgehead atoms. The highest BCUT2D eigenvalue weighted by molar-refractivity contribution is 7.90. The van der Waals surface area contributed by atoms with Gasteiger partial charge >= 0.3 is 0 Å². The van der Waals surface area contributed by atoms with E-state index in [-0.39, 0.29) is 10.7 Å². The van der Waals surface area contributed by atoms with Gasteiger partial charge in [-0.1, -0.05) is 27.7 Å². The normalized spacial score (nSPS) is 23.0. The maximum Gasteiger partial charge on any atom is 0.215 e. The highest BCUT2D eigenvalue weighted by Gasteiger charge is 2.30. The van der Waals surface area contributed by atoms with Crippen molar-refractivity contribution in [2.45, 2.75) is 45.8 Å². The zero-order valence-corrected chi connectivity index (χ0v) is 12.2. The fraction of sp³-hybridized carbons (Fsp3) is 1.00. The molecule has 2 N–H and O–H groups in total. The summed E-state index contributed by atoms with van der Waals surface area (Å²) >= 11 is 0. The minimum Gasteiger partial charge on any atom is -0.315 e. The smallest absolute Gasteiger partial charge is 0.215 e. The molecule has 1 heterocycles. The first-order chi connectivity index (χ1) is 7.76. The standard InChI is InChI=1S/C12H26N2O2S/c1-10(2)12(3,4)9-14-17(15,16)11-6-5-7-13-8-11/h10-11,13-14H,5-9H2,1-4H3. The number of piperidine rings is 1. The Balaban J connectivity index is 2.55. The maximum atomic E-state index is 12.1. The summed E-state index contributed by atoms with van der Waals surface area (Å²) in [6, 6.07) is 0. The van der Waals surface area contributed by atoms with Crippen LogP contribution in [0.2, 0.25) is 0 Å². The average molecular weight is 262 g/mol. The summed E-state index contributed by atoms with van der Waals surface area (Å²) in [6.45, 7) is 10.5. The molecule has 0 aromatic rings. The van der Waals surface area contributed by atoms with Crippen molar-refractivity contribution in [1.82, 2.24) is 10.0 Å². The van der Waals surface area contributed by atoms with Crippen LogP contribution in [-0.2, 0) is 10.0 Å². The van der Waals surface area contributed by atoms with Gasteiger partial charge in [0, 0.05) is 13.1 Å². The van der Waals surface area contributed by atoms with E-state index < -0.39 is 10.0 Å². The van der Waals surface area contributed by atoms with E-state index in [9.17, 15) is 8.42 Å². The van der Waals surface area contributed by atoms with Crippen molar-refractivity contribution in [3.63, 3.8) is 0 Å². The van der Waals surface area contributed by atoms with E-state index in [4.69, 9.17) is 0 Å².